The summed E-state index contributed by atoms with van der Waals surface area (Å²) in [5.41, 5.74) is 0. The summed E-state index contributed by atoms with van der Waals surface area (Å²) in [7, 11) is 0. The van der Waals surface area contributed by atoms with E-state index in [1.807, 2.05) is 11.8 Å². The third kappa shape index (κ3) is 3.28. The molecule has 2 unspecified atom stereocenters. The second-order valence-corrected chi connectivity index (χ2v) is 5.96. The molecule has 0 radical (unpaired) electrons. The molecule has 2 rings (SSSR count). The van der Waals surface area contributed by atoms with Crippen LogP contribution in [0.4, 0.5) is 0 Å². The first-order chi connectivity index (χ1) is 9.13. The van der Waals surface area contributed by atoms with Gasteiger partial charge in [0.05, 0.1) is 5.92 Å². The summed E-state index contributed by atoms with van der Waals surface area (Å²) in [5, 5.41) is 9.12. The van der Waals surface area contributed by atoms with Gasteiger partial charge in [0.15, 0.2) is 0 Å². The predicted molar refractivity (Wildman–Crippen MR) is 72.7 cm³/mol. The van der Waals surface area contributed by atoms with Gasteiger partial charge in [-0.1, -0.05) is 19.3 Å². The molecule has 0 spiro atoms. The quantitative estimate of drug-likeness (QED) is 0.852. The Morgan fingerprint density at radius 3 is 2.26 bits per heavy atom. The Labute approximate surface area is 115 Å². The van der Waals surface area contributed by atoms with Crippen molar-refractivity contribution in [2.24, 2.45) is 11.8 Å². The highest BCUT2D eigenvalue weighted by Crippen LogP contribution is 2.32. The van der Waals surface area contributed by atoms with E-state index in [4.69, 9.17) is 5.11 Å². The van der Waals surface area contributed by atoms with Gasteiger partial charge in [-0.25, -0.2) is 0 Å². The minimum Gasteiger partial charge on any atom is -0.481 e. The average Bonchev–Trinajstić information content (AvgIpc) is 2.93. The predicted octanol–water partition coefficient (Wildman–Crippen LogP) is 2.67. The molecule has 108 valence electrons. The summed E-state index contributed by atoms with van der Waals surface area (Å²) in [6.07, 6.45) is 7.69. The largest absolute Gasteiger partial charge is 0.481 e. The van der Waals surface area contributed by atoms with E-state index in [1.54, 1.807) is 0 Å². The van der Waals surface area contributed by atoms with Crippen LogP contribution in [0.1, 0.15) is 58.3 Å². The minimum atomic E-state index is -0.735. The number of carboxylic acid groups (broad SMARTS) is 1. The summed E-state index contributed by atoms with van der Waals surface area (Å²) in [4.78, 5) is 25.7. The van der Waals surface area contributed by atoms with Crippen LogP contribution in [0, 0.1) is 11.8 Å². The minimum absolute atomic E-state index is 0.0598. The van der Waals surface area contributed by atoms with Crippen LogP contribution in [0.3, 0.4) is 0 Å². The Bertz CT molecular complexity index is 336. The molecule has 2 fully saturated rings. The van der Waals surface area contributed by atoms with Gasteiger partial charge < -0.3 is 10.0 Å². The van der Waals surface area contributed by atoms with Gasteiger partial charge in [-0.05, 0) is 39.0 Å². The van der Waals surface area contributed by atoms with Crippen molar-refractivity contribution >= 4 is 11.9 Å². The van der Waals surface area contributed by atoms with Crippen LogP contribution in [0.15, 0.2) is 0 Å². The van der Waals surface area contributed by atoms with Crippen LogP contribution in [-0.2, 0) is 9.59 Å². The maximum Gasteiger partial charge on any atom is 0.306 e. The smallest absolute Gasteiger partial charge is 0.306 e. The molecule has 1 amide bonds. The number of aliphatic carboxylic acids is 1. The lowest BCUT2D eigenvalue weighted by molar-refractivity contribution is -0.146. The van der Waals surface area contributed by atoms with Crippen LogP contribution >= 0.6 is 0 Å². The molecule has 0 heterocycles. The molecule has 0 bridgehead atoms. The molecule has 0 aromatic rings. The third-order valence-electron chi connectivity index (χ3n) is 4.76. The van der Waals surface area contributed by atoms with Gasteiger partial charge in [0.1, 0.15) is 0 Å². The molecule has 4 heteroatoms. The number of hydrogen-bond acceptors (Lipinski definition) is 2. The van der Waals surface area contributed by atoms with E-state index in [9.17, 15) is 9.59 Å². The Kier molecular flexibility index (Phi) is 4.83. The Balaban J connectivity index is 1.98. The highest BCUT2D eigenvalue weighted by molar-refractivity contribution is 5.80. The summed E-state index contributed by atoms with van der Waals surface area (Å²) in [5.74, 6) is -0.901. The normalized spacial score (nSPS) is 28.3. The fourth-order valence-electron chi connectivity index (χ4n) is 3.68. The first-order valence-corrected chi connectivity index (χ1v) is 7.66. The van der Waals surface area contributed by atoms with Crippen molar-refractivity contribution in [2.75, 3.05) is 6.54 Å². The fraction of sp³-hybridized carbons (Fsp3) is 0.867. The van der Waals surface area contributed by atoms with E-state index in [1.165, 1.54) is 12.8 Å². The van der Waals surface area contributed by atoms with Crippen molar-refractivity contribution in [3.8, 4) is 0 Å². The fourth-order valence-corrected chi connectivity index (χ4v) is 3.68. The maximum atomic E-state index is 12.6. The molecule has 2 atom stereocenters. The SMILES string of the molecule is CCN(C(=O)C1CCCC(C(=O)O)C1)C1CCCC1. The van der Waals surface area contributed by atoms with Crippen LogP contribution in [0.25, 0.3) is 0 Å². The second-order valence-electron chi connectivity index (χ2n) is 5.96. The lowest BCUT2D eigenvalue weighted by Crippen LogP contribution is -2.44. The zero-order valence-corrected chi connectivity index (χ0v) is 11.8. The number of nitrogens with zero attached hydrogens (tertiary/aromatic N) is 1. The third-order valence-corrected chi connectivity index (χ3v) is 4.76. The van der Waals surface area contributed by atoms with Crippen molar-refractivity contribution in [2.45, 2.75) is 64.3 Å². The topological polar surface area (TPSA) is 57.6 Å². The zero-order valence-electron chi connectivity index (χ0n) is 11.8. The van der Waals surface area contributed by atoms with Gasteiger partial charge in [-0.2, -0.15) is 0 Å². The Morgan fingerprint density at radius 1 is 1.05 bits per heavy atom. The first kappa shape index (κ1) is 14.4. The van der Waals surface area contributed by atoms with Gasteiger partial charge >= 0.3 is 5.97 Å². The standard InChI is InChI=1S/C15H25NO3/c1-2-16(13-8-3-4-9-13)14(17)11-6-5-7-12(10-11)15(18)19/h11-13H,2-10H2,1H3,(H,18,19). The Hall–Kier alpha value is -1.06. The molecular weight excluding hydrogens is 242 g/mol. The molecule has 0 aromatic heterocycles. The van der Waals surface area contributed by atoms with Crippen molar-refractivity contribution in [1.82, 2.24) is 4.90 Å². The maximum absolute atomic E-state index is 12.6. The van der Waals surface area contributed by atoms with Crippen molar-refractivity contribution in [1.29, 1.82) is 0 Å². The number of hydrogen-bond donors (Lipinski definition) is 1. The lowest BCUT2D eigenvalue weighted by Gasteiger charge is -2.34. The van der Waals surface area contributed by atoms with Crippen molar-refractivity contribution in [3.63, 3.8) is 0 Å². The highest BCUT2D eigenvalue weighted by atomic mass is 16.4. The summed E-state index contributed by atoms with van der Waals surface area (Å²) >= 11 is 0. The van der Waals surface area contributed by atoms with Crippen LogP contribution in [0.5, 0.6) is 0 Å². The van der Waals surface area contributed by atoms with Crippen molar-refractivity contribution < 1.29 is 14.7 Å². The first-order valence-electron chi connectivity index (χ1n) is 7.66. The lowest BCUT2D eigenvalue weighted by atomic mass is 9.80. The molecular formula is C15H25NO3. The summed E-state index contributed by atoms with van der Waals surface area (Å²) in [6.45, 7) is 2.80. The Morgan fingerprint density at radius 2 is 1.68 bits per heavy atom. The molecule has 0 aliphatic heterocycles. The number of carbonyl (C=O) groups excluding carboxylic acids is 1. The van der Waals surface area contributed by atoms with Crippen molar-refractivity contribution in [3.05, 3.63) is 0 Å². The summed E-state index contributed by atoms with van der Waals surface area (Å²) in [6, 6.07) is 0.405. The molecule has 2 aliphatic carbocycles. The molecule has 4 nitrogen and oxygen atoms in total. The van der Waals surface area contributed by atoms with E-state index in [0.717, 1.165) is 38.6 Å². The van der Waals surface area contributed by atoms with E-state index < -0.39 is 5.97 Å². The van der Waals surface area contributed by atoms with E-state index >= 15 is 0 Å². The average molecular weight is 267 g/mol. The van der Waals surface area contributed by atoms with Gasteiger partial charge in [0, 0.05) is 18.5 Å². The van der Waals surface area contributed by atoms with Crippen LogP contribution < -0.4 is 0 Å². The van der Waals surface area contributed by atoms with Gasteiger partial charge in [0.2, 0.25) is 5.91 Å². The molecule has 19 heavy (non-hydrogen) atoms. The van der Waals surface area contributed by atoms with Crippen LogP contribution in [0.2, 0.25) is 0 Å². The zero-order chi connectivity index (χ0) is 13.8. The molecule has 0 saturated heterocycles. The highest BCUT2D eigenvalue weighted by Gasteiger charge is 2.35. The number of carbonyl (C=O) groups is 2. The number of rotatable bonds is 4. The monoisotopic (exact) mass is 267 g/mol. The molecule has 2 aliphatic rings. The molecule has 1 N–H and O–H groups in total. The number of amides is 1. The number of carboxylic acids is 1. The summed E-state index contributed by atoms with van der Waals surface area (Å²) < 4.78 is 0. The second kappa shape index (κ2) is 6.40. The van der Waals surface area contributed by atoms with Crippen LogP contribution in [-0.4, -0.2) is 34.5 Å². The van der Waals surface area contributed by atoms with E-state index in [0.29, 0.717) is 12.5 Å². The van der Waals surface area contributed by atoms with Gasteiger partial charge in [0.25, 0.3) is 0 Å². The molecule has 0 aromatic carbocycles. The van der Waals surface area contributed by atoms with E-state index in [-0.39, 0.29) is 17.7 Å². The molecule has 2 saturated carbocycles. The van der Waals surface area contributed by atoms with Gasteiger partial charge in [-0.3, -0.25) is 9.59 Å². The van der Waals surface area contributed by atoms with Gasteiger partial charge in [-0.15, -0.1) is 0 Å². The van der Waals surface area contributed by atoms with E-state index in [2.05, 4.69) is 0 Å².